The average Bonchev–Trinajstić information content (AvgIpc) is 3.11. The van der Waals surface area contributed by atoms with Crippen LogP contribution in [-0.2, 0) is 0 Å². The number of hydrogen-bond donors (Lipinski definition) is 2. The first-order valence-electron chi connectivity index (χ1n) is 7.36. The van der Waals surface area contributed by atoms with Crippen LogP contribution in [-0.4, -0.2) is 16.1 Å². The first-order valence-corrected chi connectivity index (χ1v) is 7.36. The number of carbonyl (C=O) groups is 1. The Kier molecular flexibility index (Phi) is 3.01. The van der Waals surface area contributed by atoms with E-state index in [2.05, 4.69) is 15.5 Å². The third-order valence-corrected chi connectivity index (χ3v) is 4.14. The number of fused-ring (bicyclic) bond motifs is 1. The van der Waals surface area contributed by atoms with E-state index in [-0.39, 0.29) is 11.7 Å². The molecule has 2 heterocycles. The van der Waals surface area contributed by atoms with E-state index >= 15 is 0 Å². The second-order valence-electron chi connectivity index (χ2n) is 5.65. The number of amides is 1. The molecule has 0 spiro atoms. The summed E-state index contributed by atoms with van der Waals surface area (Å²) in [5.41, 5.74) is 4.24. The third kappa shape index (κ3) is 2.12. The summed E-state index contributed by atoms with van der Waals surface area (Å²) >= 11 is 0. The van der Waals surface area contributed by atoms with Gasteiger partial charge >= 0.3 is 0 Å². The average molecular weight is 307 g/mol. The van der Waals surface area contributed by atoms with Gasteiger partial charge < -0.3 is 5.32 Å². The molecule has 2 N–H and O–H groups in total. The fourth-order valence-electron chi connectivity index (χ4n) is 2.95. The zero-order valence-electron chi connectivity index (χ0n) is 12.4. The maximum atomic E-state index is 14.2. The molecule has 1 atom stereocenters. The smallest absolute Gasteiger partial charge is 0.270 e. The molecule has 0 saturated heterocycles. The summed E-state index contributed by atoms with van der Waals surface area (Å²) in [6.07, 6.45) is 0. The van der Waals surface area contributed by atoms with Crippen molar-refractivity contribution >= 4 is 5.91 Å². The van der Waals surface area contributed by atoms with Gasteiger partial charge in [-0.3, -0.25) is 9.89 Å². The van der Waals surface area contributed by atoms with Gasteiger partial charge in [-0.25, -0.2) is 4.39 Å². The van der Waals surface area contributed by atoms with Crippen molar-refractivity contribution in [1.82, 2.24) is 15.5 Å². The second-order valence-corrected chi connectivity index (χ2v) is 5.65. The Morgan fingerprint density at radius 3 is 2.57 bits per heavy atom. The van der Waals surface area contributed by atoms with Gasteiger partial charge in [-0.1, -0.05) is 48.0 Å². The van der Waals surface area contributed by atoms with Crippen molar-refractivity contribution in [1.29, 1.82) is 0 Å². The fourth-order valence-corrected chi connectivity index (χ4v) is 2.95. The number of aryl methyl sites for hydroxylation is 1. The van der Waals surface area contributed by atoms with E-state index in [1.54, 1.807) is 18.2 Å². The molecule has 0 bridgehead atoms. The summed E-state index contributed by atoms with van der Waals surface area (Å²) in [5.74, 6) is -0.610. The zero-order valence-corrected chi connectivity index (χ0v) is 12.4. The van der Waals surface area contributed by atoms with E-state index in [4.69, 9.17) is 0 Å². The quantitative estimate of drug-likeness (QED) is 0.763. The van der Waals surface area contributed by atoms with Crippen molar-refractivity contribution in [2.75, 3.05) is 0 Å². The summed E-state index contributed by atoms with van der Waals surface area (Å²) in [6, 6.07) is 13.8. The van der Waals surface area contributed by atoms with E-state index in [0.29, 0.717) is 22.5 Å². The molecule has 23 heavy (non-hydrogen) atoms. The normalized spacial score (nSPS) is 16.3. The Hall–Kier alpha value is -2.95. The van der Waals surface area contributed by atoms with Gasteiger partial charge in [0.2, 0.25) is 0 Å². The van der Waals surface area contributed by atoms with Gasteiger partial charge in [0, 0.05) is 16.7 Å². The highest BCUT2D eigenvalue weighted by atomic mass is 19.1. The Morgan fingerprint density at radius 2 is 1.83 bits per heavy atom. The van der Waals surface area contributed by atoms with E-state index in [9.17, 15) is 9.18 Å². The first-order chi connectivity index (χ1) is 11.1. The lowest BCUT2D eigenvalue weighted by Gasteiger charge is -2.14. The minimum Gasteiger partial charge on any atom is -0.340 e. The number of H-pyrrole nitrogens is 1. The summed E-state index contributed by atoms with van der Waals surface area (Å²) in [6.45, 7) is 2.01. The van der Waals surface area contributed by atoms with Crippen molar-refractivity contribution < 1.29 is 9.18 Å². The standard InChI is InChI=1S/C18H14FN3O/c1-10-6-8-11(9-7-10)15-14-16(12-4-2-3-5-13(12)19)20-18(23)17(14)22-21-15/h2-9,16H,1H3,(H,20,23)(H,21,22)/t16-/m0/s1. The lowest BCUT2D eigenvalue weighted by Crippen LogP contribution is -2.21. The van der Waals surface area contributed by atoms with Gasteiger partial charge in [-0.15, -0.1) is 0 Å². The molecule has 0 aliphatic carbocycles. The highest BCUT2D eigenvalue weighted by Crippen LogP contribution is 2.37. The molecule has 4 rings (SSSR count). The maximum absolute atomic E-state index is 14.2. The predicted octanol–water partition coefficient (Wildman–Crippen LogP) is 3.36. The number of rotatable bonds is 2. The van der Waals surface area contributed by atoms with Crippen LogP contribution in [0, 0.1) is 12.7 Å². The predicted molar refractivity (Wildman–Crippen MR) is 84.5 cm³/mol. The lowest BCUT2D eigenvalue weighted by atomic mass is 9.96. The van der Waals surface area contributed by atoms with Crippen molar-refractivity contribution in [3.05, 3.63) is 76.7 Å². The Morgan fingerprint density at radius 1 is 1.09 bits per heavy atom. The van der Waals surface area contributed by atoms with Gasteiger partial charge in [0.05, 0.1) is 11.7 Å². The molecule has 2 aromatic carbocycles. The molecule has 0 radical (unpaired) electrons. The summed E-state index contributed by atoms with van der Waals surface area (Å²) in [5, 5.41) is 9.90. The molecular weight excluding hydrogens is 293 g/mol. The summed E-state index contributed by atoms with van der Waals surface area (Å²) < 4.78 is 14.2. The van der Waals surface area contributed by atoms with Gasteiger partial charge in [0.1, 0.15) is 11.5 Å². The molecular formula is C18H14FN3O. The highest BCUT2D eigenvalue weighted by Gasteiger charge is 2.36. The van der Waals surface area contributed by atoms with Crippen molar-refractivity contribution in [2.24, 2.45) is 0 Å². The van der Waals surface area contributed by atoms with Gasteiger partial charge in [-0.2, -0.15) is 5.10 Å². The number of aromatic nitrogens is 2. The monoisotopic (exact) mass is 307 g/mol. The lowest BCUT2D eigenvalue weighted by molar-refractivity contribution is 0.0955. The number of benzene rings is 2. The largest absolute Gasteiger partial charge is 0.340 e. The van der Waals surface area contributed by atoms with E-state index in [1.807, 2.05) is 31.2 Å². The van der Waals surface area contributed by atoms with Crippen LogP contribution < -0.4 is 5.32 Å². The number of halogens is 1. The molecule has 1 aliphatic rings. The molecule has 5 heteroatoms. The Balaban J connectivity index is 1.88. The molecule has 114 valence electrons. The first kappa shape index (κ1) is 13.7. The molecule has 1 aliphatic heterocycles. The van der Waals surface area contributed by atoms with Crippen molar-refractivity contribution in [2.45, 2.75) is 13.0 Å². The van der Waals surface area contributed by atoms with Gasteiger partial charge in [0.25, 0.3) is 5.91 Å². The molecule has 1 aromatic heterocycles. The minimum atomic E-state index is -0.534. The van der Waals surface area contributed by atoms with E-state index in [0.717, 1.165) is 11.1 Å². The number of nitrogens with one attached hydrogen (secondary N) is 2. The molecule has 0 unspecified atom stereocenters. The zero-order chi connectivity index (χ0) is 16.0. The maximum Gasteiger partial charge on any atom is 0.270 e. The van der Waals surface area contributed by atoms with Crippen LogP contribution in [0.15, 0.2) is 48.5 Å². The topological polar surface area (TPSA) is 57.8 Å². The van der Waals surface area contributed by atoms with Crippen LogP contribution in [0.25, 0.3) is 11.3 Å². The Labute approximate surface area is 132 Å². The number of hydrogen-bond acceptors (Lipinski definition) is 2. The van der Waals surface area contributed by atoms with Crippen LogP contribution in [0.4, 0.5) is 4.39 Å². The van der Waals surface area contributed by atoms with Crippen molar-refractivity contribution in [3.63, 3.8) is 0 Å². The second kappa shape index (κ2) is 5.05. The number of aromatic amines is 1. The van der Waals surface area contributed by atoms with Crippen LogP contribution in [0.1, 0.15) is 33.2 Å². The molecule has 0 saturated carbocycles. The fraction of sp³-hybridized carbons (Fsp3) is 0.111. The molecule has 1 amide bonds. The minimum absolute atomic E-state index is 0.265. The van der Waals surface area contributed by atoms with Crippen LogP contribution in [0.2, 0.25) is 0 Å². The van der Waals surface area contributed by atoms with E-state index in [1.165, 1.54) is 6.07 Å². The summed E-state index contributed by atoms with van der Waals surface area (Å²) in [4.78, 5) is 12.2. The van der Waals surface area contributed by atoms with Gasteiger partial charge in [-0.05, 0) is 13.0 Å². The molecule has 3 aromatic rings. The SMILES string of the molecule is Cc1ccc(-c2n[nH]c3c2[C@H](c2ccccc2F)NC3=O)cc1. The van der Waals surface area contributed by atoms with Crippen LogP contribution >= 0.6 is 0 Å². The number of carbonyl (C=O) groups excluding carboxylic acids is 1. The molecule has 0 fully saturated rings. The number of nitrogens with zero attached hydrogens (tertiary/aromatic N) is 1. The van der Waals surface area contributed by atoms with Crippen LogP contribution in [0.3, 0.4) is 0 Å². The van der Waals surface area contributed by atoms with Crippen molar-refractivity contribution in [3.8, 4) is 11.3 Å². The Bertz CT molecular complexity index is 899. The summed E-state index contributed by atoms with van der Waals surface area (Å²) in [7, 11) is 0. The van der Waals surface area contributed by atoms with Crippen LogP contribution in [0.5, 0.6) is 0 Å². The highest BCUT2D eigenvalue weighted by molar-refractivity contribution is 6.00. The molecule has 4 nitrogen and oxygen atoms in total. The van der Waals surface area contributed by atoms with E-state index < -0.39 is 6.04 Å². The third-order valence-electron chi connectivity index (χ3n) is 4.14. The van der Waals surface area contributed by atoms with Gasteiger partial charge in [0.15, 0.2) is 0 Å².